The van der Waals surface area contributed by atoms with Crippen molar-refractivity contribution in [3.8, 4) is 0 Å². The molecule has 21 heavy (non-hydrogen) atoms. The first-order valence-electron chi connectivity index (χ1n) is 6.42. The quantitative estimate of drug-likeness (QED) is 0.595. The zero-order chi connectivity index (χ0) is 15.1. The molecule has 1 aromatic carbocycles. The van der Waals surface area contributed by atoms with Crippen LogP contribution in [0.2, 0.25) is 5.02 Å². The van der Waals surface area contributed by atoms with Crippen LogP contribution < -0.4 is 4.90 Å². The number of carbonyl (C=O) groups is 1. The van der Waals surface area contributed by atoms with Crippen molar-refractivity contribution in [1.29, 1.82) is 0 Å². The average Bonchev–Trinajstić information content (AvgIpc) is 2.52. The molecule has 0 saturated heterocycles. The Morgan fingerprint density at radius 3 is 2.71 bits per heavy atom. The Morgan fingerprint density at radius 2 is 2.05 bits per heavy atom. The smallest absolute Gasteiger partial charge is 0.237 e. The molecule has 0 atom stereocenters. The molecule has 0 spiro atoms. The van der Waals surface area contributed by atoms with Gasteiger partial charge in [0.2, 0.25) is 5.91 Å². The first-order chi connectivity index (χ1) is 10.2. The van der Waals surface area contributed by atoms with E-state index < -0.39 is 0 Å². The number of amides is 1. The largest absolute Gasteiger partial charge is 0.308 e. The number of pyridine rings is 1. The van der Waals surface area contributed by atoms with Crippen LogP contribution in [0, 0.1) is 0 Å². The Morgan fingerprint density at radius 1 is 1.29 bits per heavy atom. The Hall–Kier alpha value is -1.78. The van der Waals surface area contributed by atoms with Crippen LogP contribution in [-0.2, 0) is 4.79 Å². The van der Waals surface area contributed by atoms with Crippen LogP contribution in [0.4, 0.5) is 5.69 Å². The molecule has 0 N–H and O–H groups in total. The summed E-state index contributed by atoms with van der Waals surface area (Å²) in [7, 11) is 0. The zero-order valence-electron chi connectivity index (χ0n) is 11.4. The van der Waals surface area contributed by atoms with Crippen molar-refractivity contribution < 1.29 is 4.79 Å². The van der Waals surface area contributed by atoms with E-state index in [4.69, 9.17) is 11.6 Å². The maximum Gasteiger partial charge on any atom is 0.237 e. The fourth-order valence-electron chi connectivity index (χ4n) is 1.77. The van der Waals surface area contributed by atoms with Crippen LogP contribution in [-0.4, -0.2) is 23.2 Å². The van der Waals surface area contributed by atoms with Crippen LogP contribution >= 0.6 is 23.4 Å². The first-order valence-corrected chi connectivity index (χ1v) is 7.78. The van der Waals surface area contributed by atoms with Crippen molar-refractivity contribution in [2.75, 3.05) is 17.2 Å². The van der Waals surface area contributed by atoms with E-state index in [9.17, 15) is 4.79 Å². The summed E-state index contributed by atoms with van der Waals surface area (Å²) in [6.45, 7) is 4.18. The number of rotatable bonds is 6. The number of anilines is 1. The van der Waals surface area contributed by atoms with Crippen molar-refractivity contribution in [2.24, 2.45) is 0 Å². The van der Waals surface area contributed by atoms with Crippen molar-refractivity contribution in [3.05, 3.63) is 66.3 Å². The molecule has 1 heterocycles. The predicted octanol–water partition coefficient (Wildman–Crippen LogP) is 4.05. The molecule has 5 heteroatoms. The second-order valence-electron chi connectivity index (χ2n) is 4.21. The Balaban J connectivity index is 2.06. The van der Waals surface area contributed by atoms with Crippen LogP contribution in [0.3, 0.4) is 0 Å². The molecular formula is C16H15ClN2OS. The molecule has 3 nitrogen and oxygen atoms in total. The van der Waals surface area contributed by atoms with Crippen LogP contribution in [0.1, 0.15) is 0 Å². The molecule has 0 aliphatic carbocycles. The number of aromatic nitrogens is 1. The van der Waals surface area contributed by atoms with E-state index in [2.05, 4.69) is 11.6 Å². The molecule has 108 valence electrons. The lowest BCUT2D eigenvalue weighted by molar-refractivity contribution is -0.116. The molecule has 1 amide bonds. The fourth-order valence-corrected chi connectivity index (χ4v) is 2.82. The van der Waals surface area contributed by atoms with Gasteiger partial charge < -0.3 is 4.90 Å². The third-order valence-corrected chi connectivity index (χ3v) is 4.14. The molecule has 0 aliphatic heterocycles. The maximum absolute atomic E-state index is 12.4. The van der Waals surface area contributed by atoms with E-state index in [1.54, 1.807) is 29.3 Å². The molecule has 0 saturated carbocycles. The summed E-state index contributed by atoms with van der Waals surface area (Å²) in [4.78, 5) is 18.3. The van der Waals surface area contributed by atoms with Gasteiger partial charge in [-0.25, -0.2) is 4.98 Å². The zero-order valence-corrected chi connectivity index (χ0v) is 13.0. The highest BCUT2D eigenvalue weighted by Crippen LogP contribution is 2.25. The molecule has 0 radical (unpaired) electrons. The third kappa shape index (κ3) is 4.34. The summed E-state index contributed by atoms with van der Waals surface area (Å²) in [5.41, 5.74) is 0.857. The average molecular weight is 319 g/mol. The highest BCUT2D eigenvalue weighted by atomic mass is 35.5. The SMILES string of the molecule is C=CCN(C(=O)CSc1ncccc1Cl)c1ccccc1. The summed E-state index contributed by atoms with van der Waals surface area (Å²) >= 11 is 7.38. The van der Waals surface area contributed by atoms with Crippen LogP contribution in [0.15, 0.2) is 66.3 Å². The lowest BCUT2D eigenvalue weighted by atomic mass is 10.3. The predicted molar refractivity (Wildman–Crippen MR) is 89.0 cm³/mol. The Labute approximate surface area is 133 Å². The highest BCUT2D eigenvalue weighted by molar-refractivity contribution is 8.00. The molecular weight excluding hydrogens is 304 g/mol. The summed E-state index contributed by atoms with van der Waals surface area (Å²) in [6, 6.07) is 13.1. The second kappa shape index (κ2) is 7.86. The number of hydrogen-bond donors (Lipinski definition) is 0. The fraction of sp³-hybridized carbons (Fsp3) is 0.125. The van der Waals surface area contributed by atoms with Gasteiger partial charge in [-0.3, -0.25) is 4.79 Å². The van der Waals surface area contributed by atoms with Gasteiger partial charge in [-0.1, -0.05) is 47.6 Å². The van der Waals surface area contributed by atoms with Gasteiger partial charge in [0.25, 0.3) is 0 Å². The first kappa shape index (κ1) is 15.6. The summed E-state index contributed by atoms with van der Waals surface area (Å²) in [5, 5.41) is 1.23. The lowest BCUT2D eigenvalue weighted by Gasteiger charge is -2.21. The van der Waals surface area contributed by atoms with Gasteiger partial charge in [0.1, 0.15) is 5.03 Å². The molecule has 0 aliphatic rings. The summed E-state index contributed by atoms with van der Waals surface area (Å²) < 4.78 is 0. The lowest BCUT2D eigenvalue weighted by Crippen LogP contribution is -2.32. The van der Waals surface area contributed by atoms with Crippen LogP contribution in [0.5, 0.6) is 0 Å². The van der Waals surface area contributed by atoms with Gasteiger partial charge >= 0.3 is 0 Å². The second-order valence-corrected chi connectivity index (χ2v) is 5.58. The van der Waals surface area contributed by atoms with Crippen molar-refractivity contribution in [2.45, 2.75) is 5.03 Å². The number of nitrogens with zero attached hydrogens (tertiary/aromatic N) is 2. The Kier molecular flexibility index (Phi) is 5.84. The minimum absolute atomic E-state index is 0.00665. The van der Waals surface area contributed by atoms with Gasteiger partial charge in [0, 0.05) is 18.4 Å². The number of hydrogen-bond acceptors (Lipinski definition) is 3. The van der Waals surface area contributed by atoms with Gasteiger partial charge in [-0.15, -0.1) is 6.58 Å². The van der Waals surface area contributed by atoms with Crippen molar-refractivity contribution in [1.82, 2.24) is 4.98 Å². The summed E-state index contributed by atoms with van der Waals surface area (Å²) in [5.74, 6) is 0.271. The van der Waals surface area contributed by atoms with E-state index in [1.165, 1.54) is 11.8 Å². The normalized spacial score (nSPS) is 10.1. The number of halogens is 1. The maximum atomic E-state index is 12.4. The van der Waals surface area contributed by atoms with Gasteiger partial charge in [0.15, 0.2) is 0 Å². The van der Waals surface area contributed by atoms with Gasteiger partial charge in [0.05, 0.1) is 10.8 Å². The molecule has 0 bridgehead atoms. The molecule has 0 unspecified atom stereocenters. The number of carbonyl (C=O) groups excluding carboxylic acids is 1. The number of thioether (sulfide) groups is 1. The standard InChI is InChI=1S/C16H15ClN2OS/c1-2-11-19(13-7-4-3-5-8-13)15(20)12-21-16-14(17)9-6-10-18-16/h2-10H,1,11-12H2. The van der Waals surface area contributed by atoms with E-state index in [0.717, 1.165) is 5.69 Å². The minimum Gasteiger partial charge on any atom is -0.308 e. The van der Waals surface area contributed by atoms with E-state index in [0.29, 0.717) is 16.6 Å². The number of benzene rings is 1. The van der Waals surface area contributed by atoms with E-state index >= 15 is 0 Å². The monoisotopic (exact) mass is 318 g/mol. The molecule has 1 aromatic heterocycles. The van der Waals surface area contributed by atoms with E-state index in [1.807, 2.05) is 30.3 Å². The molecule has 2 rings (SSSR count). The highest BCUT2D eigenvalue weighted by Gasteiger charge is 2.15. The molecule has 0 fully saturated rings. The van der Waals surface area contributed by atoms with Gasteiger partial charge in [-0.2, -0.15) is 0 Å². The minimum atomic E-state index is -0.00665. The van der Waals surface area contributed by atoms with E-state index in [-0.39, 0.29) is 11.7 Å². The number of para-hydroxylation sites is 1. The summed E-state index contributed by atoms with van der Waals surface area (Å²) in [6.07, 6.45) is 3.38. The van der Waals surface area contributed by atoms with Crippen molar-refractivity contribution >= 4 is 35.0 Å². The topological polar surface area (TPSA) is 33.2 Å². The van der Waals surface area contributed by atoms with Gasteiger partial charge in [-0.05, 0) is 24.3 Å². The Bertz CT molecular complexity index is 619. The third-order valence-electron chi connectivity index (χ3n) is 2.74. The van der Waals surface area contributed by atoms with Crippen molar-refractivity contribution in [3.63, 3.8) is 0 Å². The van der Waals surface area contributed by atoms with Crippen LogP contribution in [0.25, 0.3) is 0 Å². The molecule has 2 aromatic rings.